The third-order valence-electron chi connectivity index (χ3n) is 3.21. The molecule has 22 heavy (non-hydrogen) atoms. The van der Waals surface area contributed by atoms with Gasteiger partial charge in [0.15, 0.2) is 0 Å². The fraction of sp³-hybridized carbons (Fsp3) is 0. The van der Waals surface area contributed by atoms with Crippen LogP contribution in [0.5, 0.6) is 0 Å². The second kappa shape index (κ2) is 5.83. The molecule has 6 heteroatoms. The zero-order valence-electron chi connectivity index (χ0n) is 11.2. The van der Waals surface area contributed by atoms with E-state index >= 15 is 0 Å². The van der Waals surface area contributed by atoms with E-state index in [-0.39, 0.29) is 11.0 Å². The highest BCUT2D eigenvalue weighted by molar-refractivity contribution is 6.36. The van der Waals surface area contributed by atoms with E-state index in [9.17, 15) is 9.59 Å². The molecule has 0 saturated heterocycles. The van der Waals surface area contributed by atoms with Crippen molar-refractivity contribution in [3.8, 4) is 0 Å². The second-order valence-corrected chi connectivity index (χ2v) is 5.50. The molecule has 0 saturated carbocycles. The van der Waals surface area contributed by atoms with Crippen molar-refractivity contribution in [2.75, 3.05) is 5.32 Å². The number of para-hydroxylation sites is 1. The minimum atomic E-state index is -0.531. The van der Waals surface area contributed by atoms with E-state index in [2.05, 4.69) is 10.3 Å². The highest BCUT2D eigenvalue weighted by Crippen LogP contribution is 2.25. The molecule has 4 nitrogen and oxygen atoms in total. The van der Waals surface area contributed by atoms with Crippen LogP contribution in [0.1, 0.15) is 10.4 Å². The van der Waals surface area contributed by atoms with Crippen molar-refractivity contribution in [2.45, 2.75) is 0 Å². The minimum absolute atomic E-state index is 0.0183. The van der Waals surface area contributed by atoms with Crippen LogP contribution in [-0.2, 0) is 0 Å². The number of benzene rings is 2. The number of amides is 1. The number of halogens is 2. The maximum Gasteiger partial charge on any atom is 0.261 e. The normalized spacial score (nSPS) is 10.6. The van der Waals surface area contributed by atoms with Gasteiger partial charge in [0.2, 0.25) is 5.43 Å². The Bertz CT molecular complexity index is 935. The molecule has 0 bridgehead atoms. The largest absolute Gasteiger partial charge is 0.360 e. The Kier molecular flexibility index (Phi) is 3.88. The topological polar surface area (TPSA) is 62.0 Å². The first-order chi connectivity index (χ1) is 10.6. The molecule has 2 N–H and O–H groups in total. The van der Waals surface area contributed by atoms with Crippen molar-refractivity contribution in [1.82, 2.24) is 4.98 Å². The number of nitrogens with one attached hydrogen (secondary N) is 2. The van der Waals surface area contributed by atoms with Gasteiger partial charge >= 0.3 is 0 Å². The minimum Gasteiger partial charge on any atom is -0.360 e. The zero-order chi connectivity index (χ0) is 15.7. The van der Waals surface area contributed by atoms with Crippen LogP contribution in [-0.4, -0.2) is 10.9 Å². The van der Waals surface area contributed by atoms with Gasteiger partial charge in [-0.25, -0.2) is 0 Å². The van der Waals surface area contributed by atoms with Crippen molar-refractivity contribution < 1.29 is 4.79 Å². The van der Waals surface area contributed by atoms with Crippen LogP contribution >= 0.6 is 23.2 Å². The van der Waals surface area contributed by atoms with Gasteiger partial charge in [-0.05, 0) is 30.3 Å². The van der Waals surface area contributed by atoms with E-state index in [0.717, 1.165) is 0 Å². The van der Waals surface area contributed by atoms with Gasteiger partial charge in [0.25, 0.3) is 5.91 Å². The number of fused-ring (bicyclic) bond motifs is 1. The first-order valence-corrected chi connectivity index (χ1v) is 7.18. The Hall–Kier alpha value is -2.30. The SMILES string of the molecule is O=C(Nc1ccc(Cl)cc1Cl)c1c[nH]c2ccccc2c1=O. The molecule has 0 spiro atoms. The van der Waals surface area contributed by atoms with Gasteiger partial charge in [0.05, 0.1) is 10.7 Å². The van der Waals surface area contributed by atoms with Gasteiger partial charge in [-0.15, -0.1) is 0 Å². The van der Waals surface area contributed by atoms with Crippen LogP contribution in [0.15, 0.2) is 53.5 Å². The molecular weight excluding hydrogens is 323 g/mol. The molecule has 1 aromatic heterocycles. The highest BCUT2D eigenvalue weighted by atomic mass is 35.5. The van der Waals surface area contributed by atoms with Crippen molar-refractivity contribution >= 4 is 45.7 Å². The van der Waals surface area contributed by atoms with Gasteiger partial charge in [-0.1, -0.05) is 35.3 Å². The third kappa shape index (κ3) is 2.71. The van der Waals surface area contributed by atoms with Crippen LogP contribution in [0.2, 0.25) is 10.0 Å². The van der Waals surface area contributed by atoms with E-state index in [4.69, 9.17) is 23.2 Å². The lowest BCUT2D eigenvalue weighted by atomic mass is 10.1. The summed E-state index contributed by atoms with van der Waals surface area (Å²) in [5.74, 6) is -0.531. The molecule has 0 fully saturated rings. The summed E-state index contributed by atoms with van der Waals surface area (Å²) in [6.45, 7) is 0. The number of aromatic nitrogens is 1. The quantitative estimate of drug-likeness (QED) is 0.742. The standard InChI is InChI=1S/C16H10Cl2N2O2/c17-9-5-6-14(12(18)7-9)20-16(22)11-8-19-13-4-2-1-3-10(13)15(11)21/h1-8H,(H,19,21)(H,20,22). The molecule has 0 aliphatic rings. The van der Waals surface area contributed by atoms with Crippen LogP contribution in [0, 0.1) is 0 Å². The number of carbonyl (C=O) groups excluding carboxylic acids is 1. The molecule has 1 heterocycles. The van der Waals surface area contributed by atoms with E-state index < -0.39 is 5.91 Å². The lowest BCUT2D eigenvalue weighted by molar-refractivity contribution is 0.102. The molecule has 0 atom stereocenters. The molecule has 1 amide bonds. The van der Waals surface area contributed by atoms with Crippen LogP contribution in [0.4, 0.5) is 5.69 Å². The number of hydrogen-bond donors (Lipinski definition) is 2. The number of H-pyrrole nitrogens is 1. The van der Waals surface area contributed by atoms with Gasteiger partial charge < -0.3 is 10.3 Å². The summed E-state index contributed by atoms with van der Waals surface area (Å²) in [4.78, 5) is 27.6. The molecule has 0 aliphatic heterocycles. The van der Waals surface area contributed by atoms with Crippen LogP contribution in [0.3, 0.4) is 0 Å². The zero-order valence-corrected chi connectivity index (χ0v) is 12.7. The van der Waals surface area contributed by atoms with Gasteiger partial charge in [0.1, 0.15) is 5.56 Å². The Balaban J connectivity index is 1.99. The van der Waals surface area contributed by atoms with Gasteiger partial charge in [0, 0.05) is 22.1 Å². The maximum atomic E-state index is 12.4. The Labute approximate surface area is 135 Å². The first kappa shape index (κ1) is 14.6. The average Bonchev–Trinajstić information content (AvgIpc) is 2.50. The summed E-state index contributed by atoms with van der Waals surface area (Å²) >= 11 is 11.8. The number of carbonyl (C=O) groups is 1. The van der Waals surface area contributed by atoms with E-state index in [1.807, 2.05) is 6.07 Å². The summed E-state index contributed by atoms with van der Waals surface area (Å²) < 4.78 is 0. The Morgan fingerprint density at radius 1 is 1.09 bits per heavy atom. The van der Waals surface area contributed by atoms with Crippen molar-refractivity contribution in [2.24, 2.45) is 0 Å². The molecule has 110 valence electrons. The molecular formula is C16H10Cl2N2O2. The van der Waals surface area contributed by atoms with Crippen molar-refractivity contribution in [1.29, 1.82) is 0 Å². The average molecular weight is 333 g/mol. The fourth-order valence-electron chi connectivity index (χ4n) is 2.12. The Morgan fingerprint density at radius 2 is 1.86 bits per heavy atom. The van der Waals surface area contributed by atoms with E-state index in [1.165, 1.54) is 12.3 Å². The predicted octanol–water partition coefficient (Wildman–Crippen LogP) is 4.09. The summed E-state index contributed by atoms with van der Waals surface area (Å²) in [5.41, 5.74) is 0.749. The monoisotopic (exact) mass is 332 g/mol. The van der Waals surface area contributed by atoms with Gasteiger partial charge in [-0.2, -0.15) is 0 Å². The van der Waals surface area contributed by atoms with Crippen molar-refractivity contribution in [3.63, 3.8) is 0 Å². The van der Waals surface area contributed by atoms with Crippen LogP contribution in [0.25, 0.3) is 10.9 Å². The summed E-state index contributed by atoms with van der Waals surface area (Å²) in [7, 11) is 0. The molecule has 0 aliphatic carbocycles. The summed E-state index contributed by atoms with van der Waals surface area (Å²) in [6, 6.07) is 11.7. The van der Waals surface area contributed by atoms with Gasteiger partial charge in [-0.3, -0.25) is 9.59 Å². The second-order valence-electron chi connectivity index (χ2n) is 4.66. The lowest BCUT2D eigenvalue weighted by Gasteiger charge is -2.08. The van der Waals surface area contributed by atoms with Crippen LogP contribution < -0.4 is 10.7 Å². The predicted molar refractivity (Wildman–Crippen MR) is 89.0 cm³/mol. The molecule has 3 rings (SSSR count). The molecule has 2 aromatic carbocycles. The number of rotatable bonds is 2. The molecule has 0 unspecified atom stereocenters. The number of aromatic amines is 1. The Morgan fingerprint density at radius 3 is 2.64 bits per heavy atom. The molecule has 3 aromatic rings. The first-order valence-electron chi connectivity index (χ1n) is 6.43. The van der Waals surface area contributed by atoms with E-state index in [1.54, 1.807) is 30.3 Å². The molecule has 0 radical (unpaired) electrons. The number of pyridine rings is 1. The smallest absolute Gasteiger partial charge is 0.261 e. The maximum absolute atomic E-state index is 12.4. The lowest BCUT2D eigenvalue weighted by Crippen LogP contribution is -2.22. The number of hydrogen-bond acceptors (Lipinski definition) is 2. The third-order valence-corrected chi connectivity index (χ3v) is 3.76. The fourth-order valence-corrected chi connectivity index (χ4v) is 2.57. The summed E-state index contributed by atoms with van der Waals surface area (Å²) in [5, 5.41) is 3.83. The number of anilines is 1. The summed E-state index contributed by atoms with van der Waals surface area (Å²) in [6.07, 6.45) is 1.39. The highest BCUT2D eigenvalue weighted by Gasteiger charge is 2.14. The van der Waals surface area contributed by atoms with E-state index in [0.29, 0.717) is 26.6 Å². The van der Waals surface area contributed by atoms with Crippen molar-refractivity contribution in [3.05, 3.63) is 74.5 Å².